The standard InChI is InChI=1S/C14H25N3O2.2C13H23N3O2.2C12H21N3O2.C11H19N3O2/c1-6-8-17(5)10(3)9-15-14(18)13-11(4)12(7-2)19-16-13;1-6-11-10(4)12(15-18-11)13(17)14-8-9(3)16(5)7-2;1-5-7-16(4)10(3)9-14-13(17)12-8-11(6-2)18-15-12;1-6-10-9(3)11(14-17-10)12(16)13-7-8(2)15(4)5;1-5-10-7-11(14-17-10)12(16)13-8-9(3)15(4)6-2;1-5-9-6-10(13-16-9)11(15)12-7-8(2)14(3)4/h10H,6-9H2,1-5H3,(H,15,18);9H,6-8H2,1-5H3,(H,14,17);8,10H,5-7,9H2,1-4H3,(H,14,17);8H,6-7H2,1-5H3,(H,13,16);7,9H,5-6,8H2,1-4H3,(H,13,16);6,8H,5,7H2,1-4H3,(H,12,15). The number of likely N-dealkylation sites (N-methyl/N-ethyl adjacent to an activating group) is 6. The molecule has 0 spiro atoms. The Bertz CT molecular complexity index is 3420. The molecule has 6 unspecified atom stereocenters. The highest BCUT2D eigenvalue weighted by molar-refractivity contribution is 5.95. The maximum absolute atomic E-state index is 12.0. The zero-order chi connectivity index (χ0) is 79.6. The molecule has 0 aliphatic heterocycles. The van der Waals surface area contributed by atoms with Gasteiger partial charge in [0, 0.05) is 149 Å². The lowest BCUT2D eigenvalue weighted by Gasteiger charge is -2.24. The van der Waals surface area contributed by atoms with Gasteiger partial charge in [0.25, 0.3) is 35.4 Å². The van der Waals surface area contributed by atoms with Crippen molar-refractivity contribution in [3.63, 3.8) is 0 Å². The third-order valence-electron chi connectivity index (χ3n) is 18.4. The van der Waals surface area contributed by atoms with E-state index in [9.17, 15) is 28.8 Å². The normalized spacial score (nSPS) is 12.8. The number of rotatable bonds is 36. The molecule has 0 aliphatic rings. The van der Waals surface area contributed by atoms with Gasteiger partial charge in [0.15, 0.2) is 34.2 Å². The fourth-order valence-corrected chi connectivity index (χ4v) is 9.22. The SMILES string of the molecule is CCCN(C)C(C)CNC(=O)c1cc(CC)on1.CCCN(C)C(C)CNC(=O)c1noc(CC)c1C.CCc1cc(C(=O)NCC(C)N(C)C)no1.CCc1cc(C(=O)NCC(C)N(C)CC)no1.CCc1onc(C(=O)NCC(C)N(C)C)c1C.CCc1onc(C(=O)NCC(C)N(C)CC)c1C. The molecule has 594 valence electrons. The number of amides is 6. The van der Waals surface area contributed by atoms with Crippen molar-refractivity contribution in [2.24, 2.45) is 0 Å². The van der Waals surface area contributed by atoms with E-state index in [0.717, 1.165) is 129 Å². The maximum atomic E-state index is 12.0. The van der Waals surface area contributed by atoms with Gasteiger partial charge in [-0.2, -0.15) is 0 Å². The summed E-state index contributed by atoms with van der Waals surface area (Å²) in [6.07, 6.45) is 6.71. The van der Waals surface area contributed by atoms with Crippen LogP contribution < -0.4 is 31.9 Å². The number of hydrogen-bond acceptors (Lipinski definition) is 24. The predicted molar refractivity (Wildman–Crippen MR) is 410 cm³/mol. The molecule has 6 N–H and O–H groups in total. The van der Waals surface area contributed by atoms with Crippen LogP contribution in [-0.2, 0) is 38.5 Å². The number of carbonyl (C=O) groups excluding carboxylic acids is 6. The third-order valence-corrected chi connectivity index (χ3v) is 18.4. The van der Waals surface area contributed by atoms with Gasteiger partial charge in [0.1, 0.15) is 34.6 Å². The van der Waals surface area contributed by atoms with E-state index in [0.29, 0.717) is 104 Å². The van der Waals surface area contributed by atoms with Crippen molar-refractivity contribution in [2.45, 2.75) is 219 Å². The van der Waals surface area contributed by atoms with Crippen molar-refractivity contribution < 1.29 is 55.9 Å². The van der Waals surface area contributed by atoms with Gasteiger partial charge in [-0.15, -0.1) is 0 Å². The first-order valence-corrected chi connectivity index (χ1v) is 37.2. The third kappa shape index (κ3) is 33.9. The lowest BCUT2D eigenvalue weighted by molar-refractivity contribution is 0.0923. The molecule has 0 aromatic carbocycles. The smallest absolute Gasteiger partial charge is 0.273 e. The summed E-state index contributed by atoms with van der Waals surface area (Å²) in [4.78, 5) is 83.9. The largest absolute Gasteiger partial charge is 0.361 e. The van der Waals surface area contributed by atoms with E-state index in [2.05, 4.69) is 152 Å². The van der Waals surface area contributed by atoms with E-state index in [1.54, 1.807) is 18.2 Å². The second-order valence-electron chi connectivity index (χ2n) is 26.8. The van der Waals surface area contributed by atoms with Crippen LogP contribution in [0.4, 0.5) is 0 Å². The van der Waals surface area contributed by atoms with Crippen molar-refractivity contribution >= 4 is 35.4 Å². The highest BCUT2D eigenvalue weighted by atomic mass is 16.5. The second-order valence-corrected chi connectivity index (χ2v) is 26.8. The predicted octanol–water partition coefficient (Wildman–Crippen LogP) is 8.77. The molecule has 6 atom stereocenters. The van der Waals surface area contributed by atoms with E-state index >= 15 is 0 Å². The number of nitrogens with zero attached hydrogens (tertiary/aromatic N) is 12. The van der Waals surface area contributed by atoms with Gasteiger partial charge < -0.3 is 88.4 Å². The molecule has 30 heteroatoms. The van der Waals surface area contributed by atoms with Gasteiger partial charge in [-0.25, -0.2) is 0 Å². The molecule has 0 aliphatic carbocycles. The van der Waals surface area contributed by atoms with Crippen LogP contribution in [0.2, 0.25) is 0 Å². The zero-order valence-electron chi connectivity index (χ0n) is 68.7. The summed E-state index contributed by atoms with van der Waals surface area (Å²) in [6, 6.07) is 6.86. The Labute approximate surface area is 625 Å². The summed E-state index contributed by atoms with van der Waals surface area (Å²) in [5.41, 5.74) is 4.78. The summed E-state index contributed by atoms with van der Waals surface area (Å²) in [5, 5.41) is 39.9. The van der Waals surface area contributed by atoms with E-state index < -0.39 is 0 Å². The number of hydrogen-bond donors (Lipinski definition) is 6. The van der Waals surface area contributed by atoms with E-state index in [4.69, 9.17) is 27.1 Å². The van der Waals surface area contributed by atoms with Gasteiger partial charge in [-0.05, 0) is 158 Å². The number of carbonyl (C=O) groups is 6. The van der Waals surface area contributed by atoms with Crippen molar-refractivity contribution in [1.82, 2.24) is 92.2 Å². The molecule has 6 aromatic rings. The van der Waals surface area contributed by atoms with Crippen molar-refractivity contribution in [1.29, 1.82) is 0 Å². The van der Waals surface area contributed by atoms with Crippen molar-refractivity contribution in [3.8, 4) is 0 Å². The zero-order valence-corrected chi connectivity index (χ0v) is 68.7. The number of aryl methyl sites for hydroxylation is 6. The quantitative estimate of drug-likeness (QED) is 0.0214. The molecule has 0 saturated carbocycles. The summed E-state index contributed by atoms with van der Waals surface area (Å²) >= 11 is 0. The summed E-state index contributed by atoms with van der Waals surface area (Å²) < 4.78 is 30.3. The molecule has 0 fully saturated rings. The molecule has 6 rings (SSSR count). The molecule has 6 heterocycles. The van der Waals surface area contributed by atoms with E-state index in [1.807, 2.05) is 128 Å². The average Bonchev–Trinajstić information content (AvgIpc) is 1.72. The Kier molecular flexibility index (Phi) is 46.2. The minimum Gasteiger partial charge on any atom is -0.361 e. The Morgan fingerprint density at radius 1 is 0.324 bits per heavy atom. The van der Waals surface area contributed by atoms with Crippen molar-refractivity contribution in [2.75, 3.05) is 122 Å². The maximum Gasteiger partial charge on any atom is 0.273 e. The van der Waals surface area contributed by atoms with Crippen LogP contribution in [0.25, 0.3) is 0 Å². The van der Waals surface area contributed by atoms with Gasteiger partial charge >= 0.3 is 0 Å². The van der Waals surface area contributed by atoms with Gasteiger partial charge in [-0.3, -0.25) is 28.8 Å². The summed E-state index contributed by atoms with van der Waals surface area (Å²) in [6.45, 7) is 45.9. The van der Waals surface area contributed by atoms with E-state index in [-0.39, 0.29) is 41.5 Å². The molecule has 30 nitrogen and oxygen atoms in total. The first-order valence-electron chi connectivity index (χ1n) is 37.2. The molecule has 6 aromatic heterocycles. The fourth-order valence-electron chi connectivity index (χ4n) is 9.22. The molecule has 0 radical (unpaired) electrons. The number of aromatic nitrogens is 6. The Hall–Kier alpha value is -8.16. The molecule has 6 amide bonds. The average molecular weight is 1480 g/mol. The van der Waals surface area contributed by atoms with Crippen LogP contribution >= 0.6 is 0 Å². The summed E-state index contributed by atoms with van der Waals surface area (Å²) in [7, 11) is 16.1. The lowest BCUT2D eigenvalue weighted by atomic mass is 10.1. The van der Waals surface area contributed by atoms with Gasteiger partial charge in [0.05, 0.1) is 0 Å². The Morgan fingerprint density at radius 2 is 0.552 bits per heavy atom. The first kappa shape index (κ1) is 94.9. The summed E-state index contributed by atoms with van der Waals surface area (Å²) in [5.74, 6) is 3.51. The topological polar surface area (TPSA) is 350 Å². The first-order chi connectivity index (χ1) is 49.7. The van der Waals surface area contributed by atoms with Crippen LogP contribution in [0, 0.1) is 20.8 Å². The molecule has 105 heavy (non-hydrogen) atoms. The highest BCUT2D eigenvalue weighted by Crippen LogP contribution is 2.16. The second kappa shape index (κ2) is 51.1. The fraction of sp³-hybridized carbons (Fsp3) is 0.680. The molecular formula is C75H132N18O12. The van der Waals surface area contributed by atoms with Gasteiger partial charge in [-0.1, -0.05) is 100 Å². The Balaban J connectivity index is 0.000000630. The molecular weight excluding hydrogens is 1340 g/mol. The van der Waals surface area contributed by atoms with Crippen LogP contribution in [0.15, 0.2) is 45.3 Å². The minimum atomic E-state index is -0.183. The van der Waals surface area contributed by atoms with Crippen LogP contribution in [0.1, 0.15) is 238 Å². The monoisotopic (exact) mass is 1480 g/mol. The minimum absolute atomic E-state index is 0.155. The molecule has 0 saturated heterocycles. The van der Waals surface area contributed by atoms with Crippen LogP contribution in [0.3, 0.4) is 0 Å². The van der Waals surface area contributed by atoms with Crippen LogP contribution in [0.5, 0.6) is 0 Å². The number of nitrogens with one attached hydrogen (secondary N) is 6. The van der Waals surface area contributed by atoms with Crippen molar-refractivity contribution in [3.05, 3.63) is 104 Å². The Morgan fingerprint density at radius 3 is 0.743 bits per heavy atom. The molecule has 0 bridgehead atoms. The van der Waals surface area contributed by atoms with Gasteiger partial charge in [0.2, 0.25) is 0 Å². The van der Waals surface area contributed by atoms with Crippen LogP contribution in [-0.4, -0.2) is 254 Å². The van der Waals surface area contributed by atoms with E-state index in [1.165, 1.54) is 0 Å². The highest BCUT2D eigenvalue weighted by Gasteiger charge is 2.23. The lowest BCUT2D eigenvalue weighted by Crippen LogP contribution is -2.40.